The molecule has 0 spiro atoms. The van der Waals surface area contributed by atoms with Crippen molar-refractivity contribution in [2.24, 2.45) is 4.99 Å². The summed E-state index contributed by atoms with van der Waals surface area (Å²) in [4.78, 5) is 4.30. The van der Waals surface area contributed by atoms with Gasteiger partial charge in [-0.25, -0.2) is 0 Å². The smallest absolute Gasteiger partial charge is 0.0716 e. The molecule has 12 heavy (non-hydrogen) atoms. The van der Waals surface area contributed by atoms with Crippen molar-refractivity contribution in [2.75, 3.05) is 0 Å². The first-order valence-electron chi connectivity index (χ1n) is 4.28. The third-order valence-electron chi connectivity index (χ3n) is 1.93. The van der Waals surface area contributed by atoms with E-state index in [1.165, 1.54) is 11.1 Å². The minimum Gasteiger partial charge on any atom is -0.290 e. The van der Waals surface area contributed by atoms with Crippen LogP contribution >= 0.6 is 0 Å². The van der Waals surface area contributed by atoms with E-state index >= 15 is 0 Å². The zero-order valence-corrected chi connectivity index (χ0v) is 7.91. The lowest BCUT2D eigenvalue weighted by atomic mass is 10.1. The third kappa shape index (κ3) is 2.19. The fourth-order valence-electron chi connectivity index (χ4n) is 1.15. The minimum absolute atomic E-state index is 0.288. The summed E-state index contributed by atoms with van der Waals surface area (Å²) in [5.41, 5.74) is 2.57. The summed E-state index contributed by atoms with van der Waals surface area (Å²) >= 11 is 0. The molecule has 0 aliphatic heterocycles. The molecule has 64 valence electrons. The maximum Gasteiger partial charge on any atom is 0.0716 e. The van der Waals surface area contributed by atoms with Gasteiger partial charge in [0, 0.05) is 0 Å². The molecule has 0 fully saturated rings. The summed E-state index contributed by atoms with van der Waals surface area (Å²) in [6.45, 7) is 6.15. The summed E-state index contributed by atoms with van der Waals surface area (Å²) in [6.07, 6.45) is 1.85. The average molecular weight is 161 g/mol. The molecule has 1 aromatic rings. The summed E-state index contributed by atoms with van der Waals surface area (Å²) in [5, 5.41) is 0. The number of aryl methyl sites for hydroxylation is 1. The second-order valence-electron chi connectivity index (χ2n) is 2.99. The quantitative estimate of drug-likeness (QED) is 0.591. The molecular formula is C11H15N. The molecule has 0 N–H and O–H groups in total. The molecule has 0 saturated carbocycles. The number of aliphatic imine (C=N–C) groups is 1. The van der Waals surface area contributed by atoms with E-state index in [-0.39, 0.29) is 6.04 Å². The van der Waals surface area contributed by atoms with Gasteiger partial charge >= 0.3 is 0 Å². The summed E-state index contributed by atoms with van der Waals surface area (Å²) in [6, 6.07) is 8.80. The van der Waals surface area contributed by atoms with E-state index < -0.39 is 0 Å². The Morgan fingerprint density at radius 1 is 1.25 bits per heavy atom. The van der Waals surface area contributed by atoms with Crippen molar-refractivity contribution in [2.45, 2.75) is 26.8 Å². The minimum atomic E-state index is 0.288. The molecule has 0 aromatic heterocycles. The highest BCUT2D eigenvalue weighted by Crippen LogP contribution is 2.16. The molecule has 1 atom stereocenters. The fourth-order valence-corrected chi connectivity index (χ4v) is 1.15. The van der Waals surface area contributed by atoms with Crippen LogP contribution in [0.2, 0.25) is 0 Å². The predicted molar refractivity (Wildman–Crippen MR) is 53.8 cm³/mol. The molecule has 1 aromatic carbocycles. The molecule has 0 radical (unpaired) electrons. The first-order valence-corrected chi connectivity index (χ1v) is 4.28. The summed E-state index contributed by atoms with van der Waals surface area (Å²) in [5.74, 6) is 0. The normalized spacial score (nSPS) is 13.6. The van der Waals surface area contributed by atoms with Crippen molar-refractivity contribution in [1.29, 1.82) is 0 Å². The van der Waals surface area contributed by atoms with E-state index in [4.69, 9.17) is 0 Å². The van der Waals surface area contributed by atoms with Crippen molar-refractivity contribution in [3.8, 4) is 0 Å². The number of hydrogen-bond acceptors (Lipinski definition) is 1. The van der Waals surface area contributed by atoms with Gasteiger partial charge in [-0.3, -0.25) is 4.99 Å². The van der Waals surface area contributed by atoms with Gasteiger partial charge in [0.05, 0.1) is 6.04 Å². The van der Waals surface area contributed by atoms with E-state index in [1.807, 2.05) is 13.1 Å². The number of rotatable bonds is 2. The van der Waals surface area contributed by atoms with Crippen molar-refractivity contribution in [3.05, 3.63) is 35.4 Å². The highest BCUT2D eigenvalue weighted by Gasteiger charge is 1.99. The SMILES string of the molecule is CC=NC(C)c1ccc(C)cc1. The van der Waals surface area contributed by atoms with Crippen LogP contribution in [0.4, 0.5) is 0 Å². The lowest BCUT2D eigenvalue weighted by Gasteiger charge is -2.05. The van der Waals surface area contributed by atoms with Gasteiger partial charge in [0.2, 0.25) is 0 Å². The molecule has 1 nitrogen and oxygen atoms in total. The van der Waals surface area contributed by atoms with Gasteiger partial charge < -0.3 is 0 Å². The van der Waals surface area contributed by atoms with Gasteiger partial charge in [-0.2, -0.15) is 0 Å². The van der Waals surface area contributed by atoms with Crippen molar-refractivity contribution >= 4 is 6.21 Å². The molecule has 0 aliphatic rings. The molecule has 0 aliphatic carbocycles. The number of nitrogens with zero attached hydrogens (tertiary/aromatic N) is 1. The molecule has 0 amide bonds. The van der Waals surface area contributed by atoms with Crippen LogP contribution in [-0.2, 0) is 0 Å². The predicted octanol–water partition coefficient (Wildman–Crippen LogP) is 3.15. The maximum atomic E-state index is 4.30. The van der Waals surface area contributed by atoms with Gasteiger partial charge in [0.15, 0.2) is 0 Å². The molecule has 0 heterocycles. The Morgan fingerprint density at radius 3 is 2.33 bits per heavy atom. The Labute approximate surface area is 74.2 Å². The molecule has 1 unspecified atom stereocenters. The highest BCUT2D eigenvalue weighted by molar-refractivity contribution is 5.53. The van der Waals surface area contributed by atoms with Gasteiger partial charge in [0.25, 0.3) is 0 Å². The van der Waals surface area contributed by atoms with Crippen LogP contribution in [0.3, 0.4) is 0 Å². The lowest BCUT2D eigenvalue weighted by molar-refractivity contribution is 0.824. The van der Waals surface area contributed by atoms with Crippen LogP contribution in [0.1, 0.15) is 31.0 Å². The number of benzene rings is 1. The third-order valence-corrected chi connectivity index (χ3v) is 1.93. The van der Waals surface area contributed by atoms with Crippen LogP contribution in [0, 0.1) is 6.92 Å². The molecule has 1 heteroatoms. The van der Waals surface area contributed by atoms with Crippen LogP contribution in [-0.4, -0.2) is 6.21 Å². The van der Waals surface area contributed by atoms with Crippen molar-refractivity contribution in [1.82, 2.24) is 0 Å². The highest BCUT2D eigenvalue weighted by atomic mass is 14.7. The van der Waals surface area contributed by atoms with Crippen LogP contribution < -0.4 is 0 Å². The molecule has 0 saturated heterocycles. The van der Waals surface area contributed by atoms with Crippen molar-refractivity contribution < 1.29 is 0 Å². The Kier molecular flexibility index (Phi) is 3.03. The second-order valence-corrected chi connectivity index (χ2v) is 2.99. The Balaban J connectivity index is 2.82. The van der Waals surface area contributed by atoms with Gasteiger partial charge in [-0.15, -0.1) is 0 Å². The molecule has 1 rings (SSSR count). The van der Waals surface area contributed by atoms with Crippen molar-refractivity contribution in [3.63, 3.8) is 0 Å². The average Bonchev–Trinajstić information content (AvgIpc) is 2.06. The van der Waals surface area contributed by atoms with Crippen LogP contribution in [0.15, 0.2) is 29.3 Å². The largest absolute Gasteiger partial charge is 0.290 e. The van der Waals surface area contributed by atoms with E-state index in [2.05, 4.69) is 43.1 Å². The fraction of sp³-hybridized carbons (Fsp3) is 0.364. The first kappa shape index (κ1) is 8.98. The molecule has 0 bridgehead atoms. The van der Waals surface area contributed by atoms with Crippen LogP contribution in [0.25, 0.3) is 0 Å². The van der Waals surface area contributed by atoms with Gasteiger partial charge in [-0.05, 0) is 32.5 Å². The first-order chi connectivity index (χ1) is 5.74. The van der Waals surface area contributed by atoms with Gasteiger partial charge in [-0.1, -0.05) is 29.8 Å². The summed E-state index contributed by atoms with van der Waals surface area (Å²) in [7, 11) is 0. The topological polar surface area (TPSA) is 12.4 Å². The Bertz CT molecular complexity index is 259. The van der Waals surface area contributed by atoms with E-state index in [1.54, 1.807) is 0 Å². The molecular weight excluding hydrogens is 146 g/mol. The monoisotopic (exact) mass is 161 g/mol. The Hall–Kier alpha value is -1.11. The Morgan fingerprint density at radius 2 is 1.83 bits per heavy atom. The standard InChI is InChI=1S/C11H15N/c1-4-12-10(3)11-7-5-9(2)6-8-11/h4-8,10H,1-3H3. The van der Waals surface area contributed by atoms with Gasteiger partial charge in [0.1, 0.15) is 0 Å². The summed E-state index contributed by atoms with van der Waals surface area (Å²) < 4.78 is 0. The second kappa shape index (κ2) is 4.05. The van der Waals surface area contributed by atoms with E-state index in [0.29, 0.717) is 0 Å². The van der Waals surface area contributed by atoms with Crippen LogP contribution in [0.5, 0.6) is 0 Å². The zero-order valence-electron chi connectivity index (χ0n) is 7.91. The maximum absolute atomic E-state index is 4.30. The lowest BCUT2D eigenvalue weighted by Crippen LogP contribution is -1.88. The van der Waals surface area contributed by atoms with E-state index in [0.717, 1.165) is 0 Å². The zero-order chi connectivity index (χ0) is 8.97. The van der Waals surface area contributed by atoms with E-state index in [9.17, 15) is 0 Å². The number of hydrogen-bond donors (Lipinski definition) is 0.